The Morgan fingerprint density at radius 3 is 2.35 bits per heavy atom. The van der Waals surface area contributed by atoms with E-state index < -0.39 is 0 Å². The maximum Gasteiger partial charge on any atom is 0.290 e. The van der Waals surface area contributed by atoms with Crippen LogP contribution in [0.25, 0.3) is 0 Å². The summed E-state index contributed by atoms with van der Waals surface area (Å²) in [5.41, 5.74) is 1.04. The van der Waals surface area contributed by atoms with Gasteiger partial charge in [0.05, 0.1) is 7.11 Å². The number of benzene rings is 2. The van der Waals surface area contributed by atoms with Crippen molar-refractivity contribution in [1.82, 2.24) is 0 Å². The molecule has 0 aromatic heterocycles. The molecule has 0 radical (unpaired) electrons. The third-order valence-corrected chi connectivity index (χ3v) is 2.40. The number of phenols is 1. The third kappa shape index (κ3) is 4.53. The van der Waals surface area contributed by atoms with Crippen LogP contribution in [0.15, 0.2) is 48.5 Å². The zero-order valence-electron chi connectivity index (χ0n) is 11.0. The molecule has 0 unspecified atom stereocenters. The minimum absolute atomic E-state index is 0.0836. The van der Waals surface area contributed by atoms with Crippen molar-refractivity contribution in [3.63, 3.8) is 0 Å². The van der Waals surface area contributed by atoms with E-state index in [0.29, 0.717) is 18.1 Å². The fraction of sp³-hybridized carbons (Fsp3) is 0.133. The van der Waals surface area contributed by atoms with Crippen molar-refractivity contribution in [3.8, 4) is 17.2 Å². The summed E-state index contributed by atoms with van der Waals surface area (Å²) in [5.74, 6) is 0.986. The zero-order valence-corrected chi connectivity index (χ0v) is 11.0. The van der Waals surface area contributed by atoms with Crippen LogP contribution in [0, 0.1) is 0 Å². The van der Waals surface area contributed by atoms with E-state index in [1.54, 1.807) is 25.3 Å². The van der Waals surface area contributed by atoms with Gasteiger partial charge in [-0.2, -0.15) is 0 Å². The number of methoxy groups -OCH3 is 1. The van der Waals surface area contributed by atoms with Crippen LogP contribution in [0.2, 0.25) is 0 Å². The van der Waals surface area contributed by atoms with Crippen LogP contribution in [-0.4, -0.2) is 23.8 Å². The van der Waals surface area contributed by atoms with E-state index in [-0.39, 0.29) is 12.2 Å². The van der Waals surface area contributed by atoms with Gasteiger partial charge in [-0.15, -0.1) is 0 Å². The Bertz CT molecular complexity index is 525. The lowest BCUT2D eigenvalue weighted by atomic mass is 10.2. The molecule has 5 heteroatoms. The van der Waals surface area contributed by atoms with E-state index in [2.05, 4.69) is 0 Å². The zero-order chi connectivity index (χ0) is 14.8. The molecule has 5 nitrogen and oxygen atoms in total. The summed E-state index contributed by atoms with van der Waals surface area (Å²) in [6.45, 7) is 0.148. The minimum atomic E-state index is -0.250. The van der Waals surface area contributed by atoms with Crippen molar-refractivity contribution in [3.05, 3.63) is 54.1 Å². The molecule has 0 fully saturated rings. The number of aromatic hydroxyl groups is 1. The van der Waals surface area contributed by atoms with Crippen LogP contribution in [-0.2, 0) is 11.4 Å². The van der Waals surface area contributed by atoms with Crippen LogP contribution < -0.4 is 9.47 Å². The van der Waals surface area contributed by atoms with Gasteiger partial charge < -0.3 is 19.7 Å². The highest BCUT2D eigenvalue weighted by atomic mass is 16.5. The highest BCUT2D eigenvalue weighted by molar-refractivity contribution is 5.50. The van der Waals surface area contributed by atoms with Gasteiger partial charge in [-0.1, -0.05) is 36.4 Å². The molecule has 2 rings (SSSR count). The first-order valence-electron chi connectivity index (χ1n) is 5.83. The molecule has 0 aliphatic rings. The Morgan fingerprint density at radius 2 is 1.75 bits per heavy atom. The van der Waals surface area contributed by atoms with Crippen LogP contribution in [0.1, 0.15) is 5.56 Å². The molecule has 0 aliphatic carbocycles. The maximum atomic E-state index is 9.70. The minimum Gasteiger partial charge on any atom is -0.504 e. The van der Waals surface area contributed by atoms with Crippen LogP contribution in [0.3, 0.4) is 0 Å². The molecule has 0 atom stereocenters. The third-order valence-electron chi connectivity index (χ3n) is 2.40. The van der Waals surface area contributed by atoms with Crippen molar-refractivity contribution in [2.24, 2.45) is 0 Å². The highest BCUT2D eigenvalue weighted by Crippen LogP contribution is 2.36. The van der Waals surface area contributed by atoms with E-state index in [1.165, 1.54) is 0 Å². The average Bonchev–Trinajstić information content (AvgIpc) is 2.47. The van der Waals surface area contributed by atoms with Gasteiger partial charge in [-0.3, -0.25) is 4.79 Å². The van der Waals surface area contributed by atoms with Gasteiger partial charge in [0.1, 0.15) is 6.61 Å². The van der Waals surface area contributed by atoms with Gasteiger partial charge in [0.2, 0.25) is 5.75 Å². The van der Waals surface area contributed by atoms with Crippen LogP contribution in [0.4, 0.5) is 0 Å². The summed E-state index contributed by atoms with van der Waals surface area (Å²) >= 11 is 0. The fourth-order valence-corrected chi connectivity index (χ4v) is 1.54. The highest BCUT2D eigenvalue weighted by Gasteiger charge is 2.09. The first kappa shape index (κ1) is 15.4. The molecule has 106 valence electrons. The summed E-state index contributed by atoms with van der Waals surface area (Å²) < 4.78 is 10.7. The molecule has 0 spiro atoms. The number of hydrogen-bond acceptors (Lipinski definition) is 4. The molecular formula is C15H16O5. The Kier molecular flexibility index (Phi) is 6.47. The summed E-state index contributed by atoms with van der Waals surface area (Å²) in [7, 11) is 1.55. The van der Waals surface area contributed by atoms with Gasteiger partial charge in [0.15, 0.2) is 11.5 Å². The normalized spacial score (nSPS) is 9.05. The molecule has 20 heavy (non-hydrogen) atoms. The maximum absolute atomic E-state index is 9.70. The summed E-state index contributed by atoms with van der Waals surface area (Å²) in [6, 6.07) is 14.8. The summed E-state index contributed by atoms with van der Waals surface area (Å²) in [5, 5.41) is 16.6. The van der Waals surface area contributed by atoms with Crippen molar-refractivity contribution >= 4 is 6.47 Å². The van der Waals surface area contributed by atoms with Crippen LogP contribution in [0.5, 0.6) is 17.2 Å². The van der Waals surface area contributed by atoms with Gasteiger partial charge in [-0.05, 0) is 17.7 Å². The van der Waals surface area contributed by atoms with Crippen molar-refractivity contribution < 1.29 is 24.5 Å². The van der Waals surface area contributed by atoms with Crippen LogP contribution >= 0.6 is 0 Å². The molecule has 2 aromatic rings. The Labute approximate surface area is 117 Å². The molecule has 0 amide bonds. The smallest absolute Gasteiger partial charge is 0.290 e. The molecule has 2 N–H and O–H groups in total. The second kappa shape index (κ2) is 8.42. The molecule has 0 saturated carbocycles. The molecule has 0 heterocycles. The lowest BCUT2D eigenvalue weighted by Gasteiger charge is -2.11. The Morgan fingerprint density at radius 1 is 1.10 bits per heavy atom. The lowest BCUT2D eigenvalue weighted by molar-refractivity contribution is -0.122. The number of phenolic OH excluding ortho intramolecular Hbond substituents is 1. The van der Waals surface area contributed by atoms with E-state index in [9.17, 15) is 5.11 Å². The standard InChI is InChI=1S/C14H14O3.CH2O2/c1-16-13-9-5-8-12(15)14(13)17-10-11-6-3-2-4-7-11;2-1-3/h2-9,15H,10H2,1H3;1H,(H,2,3). The monoisotopic (exact) mass is 276 g/mol. The molecular weight excluding hydrogens is 260 g/mol. The predicted octanol–water partition coefficient (Wildman–Crippen LogP) is 2.68. The predicted molar refractivity (Wildman–Crippen MR) is 74.1 cm³/mol. The summed E-state index contributed by atoms with van der Waals surface area (Å²) in [4.78, 5) is 8.36. The molecule has 0 aliphatic heterocycles. The van der Waals surface area contributed by atoms with Gasteiger partial charge in [-0.25, -0.2) is 0 Å². The Hall–Kier alpha value is -2.69. The molecule has 0 bridgehead atoms. The fourth-order valence-electron chi connectivity index (χ4n) is 1.54. The number of ether oxygens (including phenoxy) is 2. The van der Waals surface area contributed by atoms with Crippen molar-refractivity contribution in [1.29, 1.82) is 0 Å². The average molecular weight is 276 g/mol. The number of rotatable bonds is 4. The van der Waals surface area contributed by atoms with E-state index >= 15 is 0 Å². The van der Waals surface area contributed by atoms with Gasteiger partial charge in [0, 0.05) is 0 Å². The largest absolute Gasteiger partial charge is 0.504 e. The second-order valence-corrected chi connectivity index (χ2v) is 3.69. The second-order valence-electron chi connectivity index (χ2n) is 3.69. The van der Waals surface area contributed by atoms with E-state index in [0.717, 1.165) is 5.56 Å². The Balaban J connectivity index is 0.000000612. The van der Waals surface area contributed by atoms with Crippen molar-refractivity contribution in [2.45, 2.75) is 6.61 Å². The topological polar surface area (TPSA) is 76.0 Å². The first-order valence-corrected chi connectivity index (χ1v) is 5.83. The van der Waals surface area contributed by atoms with Gasteiger partial charge >= 0.3 is 0 Å². The number of carboxylic acid groups (broad SMARTS) is 1. The van der Waals surface area contributed by atoms with Crippen molar-refractivity contribution in [2.75, 3.05) is 7.11 Å². The number of hydrogen-bond donors (Lipinski definition) is 2. The SMILES string of the molecule is COc1cccc(O)c1OCc1ccccc1.O=CO. The van der Waals surface area contributed by atoms with E-state index in [4.69, 9.17) is 19.4 Å². The first-order chi connectivity index (χ1) is 9.72. The van der Waals surface area contributed by atoms with Gasteiger partial charge in [0.25, 0.3) is 6.47 Å². The number of para-hydroxylation sites is 1. The summed E-state index contributed by atoms with van der Waals surface area (Å²) in [6.07, 6.45) is 0. The number of carbonyl (C=O) groups is 1. The molecule has 2 aromatic carbocycles. The lowest BCUT2D eigenvalue weighted by Crippen LogP contribution is -1.97. The molecule has 0 saturated heterocycles. The van der Waals surface area contributed by atoms with E-state index in [1.807, 2.05) is 30.3 Å². The quantitative estimate of drug-likeness (QED) is 0.840.